The monoisotopic (exact) mass is 357 g/mol. The van der Waals surface area contributed by atoms with Crippen LogP contribution in [0.1, 0.15) is 25.0 Å². The second-order valence-electron chi connectivity index (χ2n) is 6.02. The van der Waals surface area contributed by atoms with E-state index in [2.05, 4.69) is 12.1 Å². The summed E-state index contributed by atoms with van der Waals surface area (Å²) >= 11 is 0. The molecule has 26 heavy (non-hydrogen) atoms. The molecular formula is C21H27NO4. The van der Waals surface area contributed by atoms with Gasteiger partial charge < -0.3 is 14.2 Å². The third kappa shape index (κ3) is 6.41. The van der Waals surface area contributed by atoms with Crippen LogP contribution in [0.2, 0.25) is 0 Å². The molecule has 140 valence electrons. The summed E-state index contributed by atoms with van der Waals surface area (Å²) in [4.78, 5) is 13.6. The highest BCUT2D eigenvalue weighted by Crippen LogP contribution is 2.26. The molecule has 0 saturated carbocycles. The summed E-state index contributed by atoms with van der Waals surface area (Å²) in [5, 5.41) is 0. The number of nitrogens with zero attached hydrogens (tertiary/aromatic N) is 1. The Hall–Kier alpha value is -2.53. The highest BCUT2D eigenvalue weighted by atomic mass is 16.5. The maximum atomic E-state index is 11.6. The molecule has 2 aromatic carbocycles. The lowest BCUT2D eigenvalue weighted by Crippen LogP contribution is -2.29. The quantitative estimate of drug-likeness (QED) is 0.607. The van der Waals surface area contributed by atoms with Gasteiger partial charge in [-0.05, 0) is 43.8 Å². The average Bonchev–Trinajstić information content (AvgIpc) is 2.66. The number of rotatable bonds is 10. The Morgan fingerprint density at radius 1 is 1.04 bits per heavy atom. The molecule has 0 spiro atoms. The highest BCUT2D eigenvalue weighted by Gasteiger charge is 2.16. The van der Waals surface area contributed by atoms with Crippen LogP contribution in [-0.4, -0.2) is 44.7 Å². The van der Waals surface area contributed by atoms with Crippen molar-refractivity contribution in [3.05, 3.63) is 60.2 Å². The summed E-state index contributed by atoms with van der Waals surface area (Å²) in [6.07, 6.45) is 0.653. The molecule has 0 aromatic heterocycles. The molecule has 0 amide bonds. The maximum absolute atomic E-state index is 11.6. The van der Waals surface area contributed by atoms with Crippen molar-refractivity contribution >= 4 is 5.97 Å². The van der Waals surface area contributed by atoms with E-state index in [1.807, 2.05) is 61.3 Å². The zero-order valence-corrected chi connectivity index (χ0v) is 15.7. The van der Waals surface area contributed by atoms with Crippen molar-refractivity contribution in [1.82, 2.24) is 4.90 Å². The molecule has 0 heterocycles. The van der Waals surface area contributed by atoms with Gasteiger partial charge in [-0.15, -0.1) is 0 Å². The van der Waals surface area contributed by atoms with E-state index < -0.39 is 0 Å². The molecule has 0 bridgehead atoms. The molecule has 0 saturated heterocycles. The minimum absolute atomic E-state index is 0.103. The van der Waals surface area contributed by atoms with Crippen molar-refractivity contribution in [2.45, 2.75) is 19.4 Å². The fraction of sp³-hybridized carbons (Fsp3) is 0.381. The third-order valence-corrected chi connectivity index (χ3v) is 3.99. The first-order valence-electron chi connectivity index (χ1n) is 8.82. The van der Waals surface area contributed by atoms with Gasteiger partial charge in [0.1, 0.15) is 17.6 Å². The molecule has 0 aliphatic heterocycles. The lowest BCUT2D eigenvalue weighted by molar-refractivity contribution is -0.144. The first-order valence-corrected chi connectivity index (χ1v) is 8.82. The van der Waals surface area contributed by atoms with Gasteiger partial charge in [0, 0.05) is 13.0 Å². The first-order chi connectivity index (χ1) is 12.6. The van der Waals surface area contributed by atoms with Crippen LogP contribution in [0.15, 0.2) is 54.6 Å². The maximum Gasteiger partial charge on any atom is 0.320 e. The van der Waals surface area contributed by atoms with E-state index in [0.29, 0.717) is 13.2 Å². The van der Waals surface area contributed by atoms with Gasteiger partial charge in [-0.2, -0.15) is 0 Å². The zero-order valence-electron chi connectivity index (χ0n) is 15.7. The molecule has 2 aromatic rings. The number of hydrogen-bond acceptors (Lipinski definition) is 5. The van der Waals surface area contributed by atoms with Crippen molar-refractivity contribution < 1.29 is 19.0 Å². The summed E-state index contributed by atoms with van der Waals surface area (Å²) in [6.45, 7) is 3.21. The van der Waals surface area contributed by atoms with Crippen molar-refractivity contribution in [2.75, 3.05) is 33.9 Å². The van der Waals surface area contributed by atoms with Crippen molar-refractivity contribution in [1.29, 1.82) is 0 Å². The standard InChI is InChI=1S/C21H27NO4/c1-4-25-21(23)16-22(2)15-14-20(17-8-6-5-7-9-17)26-19-12-10-18(24-3)11-13-19/h5-13,20H,4,14-16H2,1-3H3. The molecule has 0 N–H and O–H groups in total. The van der Waals surface area contributed by atoms with Crippen LogP contribution in [0.25, 0.3) is 0 Å². The Morgan fingerprint density at radius 2 is 1.69 bits per heavy atom. The Bertz CT molecular complexity index is 657. The number of likely N-dealkylation sites (N-methyl/N-ethyl adjacent to an activating group) is 1. The number of carbonyl (C=O) groups excluding carboxylic acids is 1. The fourth-order valence-corrected chi connectivity index (χ4v) is 2.62. The number of ether oxygens (including phenoxy) is 3. The Morgan fingerprint density at radius 3 is 2.31 bits per heavy atom. The van der Waals surface area contributed by atoms with Gasteiger partial charge in [-0.25, -0.2) is 0 Å². The van der Waals surface area contributed by atoms with Crippen LogP contribution in [0, 0.1) is 0 Å². The molecule has 5 heteroatoms. The van der Waals surface area contributed by atoms with E-state index in [4.69, 9.17) is 14.2 Å². The first kappa shape index (κ1) is 19.8. The fourth-order valence-electron chi connectivity index (χ4n) is 2.62. The number of carbonyl (C=O) groups is 1. The van der Waals surface area contributed by atoms with Gasteiger partial charge in [0.05, 0.1) is 20.3 Å². The predicted octanol–water partition coefficient (Wildman–Crippen LogP) is 3.70. The molecular weight excluding hydrogens is 330 g/mol. The summed E-state index contributed by atoms with van der Waals surface area (Å²) in [6, 6.07) is 17.7. The topological polar surface area (TPSA) is 48.0 Å². The Balaban J connectivity index is 2.01. The summed E-state index contributed by atoms with van der Waals surface area (Å²) in [5.41, 5.74) is 1.10. The lowest BCUT2D eigenvalue weighted by Gasteiger charge is -2.23. The second-order valence-corrected chi connectivity index (χ2v) is 6.02. The minimum atomic E-state index is -0.206. The van der Waals surface area contributed by atoms with E-state index >= 15 is 0 Å². The van der Waals surface area contributed by atoms with Gasteiger partial charge in [0.25, 0.3) is 0 Å². The molecule has 1 atom stereocenters. The van der Waals surface area contributed by atoms with E-state index in [0.717, 1.165) is 23.5 Å². The van der Waals surface area contributed by atoms with Gasteiger partial charge in [-0.3, -0.25) is 9.69 Å². The molecule has 0 fully saturated rings. The van der Waals surface area contributed by atoms with Crippen LogP contribution >= 0.6 is 0 Å². The van der Waals surface area contributed by atoms with E-state index in [9.17, 15) is 4.79 Å². The number of hydrogen-bond donors (Lipinski definition) is 0. The molecule has 0 radical (unpaired) electrons. The Kier molecular flexibility index (Phi) is 7.96. The van der Waals surface area contributed by atoms with Crippen LogP contribution < -0.4 is 9.47 Å². The van der Waals surface area contributed by atoms with Crippen molar-refractivity contribution in [3.8, 4) is 11.5 Å². The van der Waals surface area contributed by atoms with Gasteiger partial charge in [0.2, 0.25) is 0 Å². The highest BCUT2D eigenvalue weighted by molar-refractivity contribution is 5.71. The van der Waals surface area contributed by atoms with Gasteiger partial charge in [0.15, 0.2) is 0 Å². The number of methoxy groups -OCH3 is 1. The summed E-state index contributed by atoms with van der Waals surface area (Å²) < 4.78 is 16.4. The summed E-state index contributed by atoms with van der Waals surface area (Å²) in [7, 11) is 3.55. The van der Waals surface area contributed by atoms with Crippen LogP contribution in [0.3, 0.4) is 0 Å². The van der Waals surface area contributed by atoms with E-state index in [-0.39, 0.29) is 18.6 Å². The van der Waals surface area contributed by atoms with Crippen LogP contribution in [-0.2, 0) is 9.53 Å². The average molecular weight is 357 g/mol. The predicted molar refractivity (Wildman–Crippen MR) is 102 cm³/mol. The summed E-state index contributed by atoms with van der Waals surface area (Å²) in [5.74, 6) is 1.37. The van der Waals surface area contributed by atoms with Crippen molar-refractivity contribution in [3.63, 3.8) is 0 Å². The smallest absolute Gasteiger partial charge is 0.320 e. The second kappa shape index (κ2) is 10.5. The molecule has 0 aliphatic carbocycles. The third-order valence-electron chi connectivity index (χ3n) is 3.99. The largest absolute Gasteiger partial charge is 0.497 e. The lowest BCUT2D eigenvalue weighted by atomic mass is 10.1. The molecule has 1 unspecified atom stereocenters. The SMILES string of the molecule is CCOC(=O)CN(C)CCC(Oc1ccc(OC)cc1)c1ccccc1. The number of esters is 1. The minimum Gasteiger partial charge on any atom is -0.497 e. The zero-order chi connectivity index (χ0) is 18.8. The van der Waals surface area contributed by atoms with Crippen molar-refractivity contribution in [2.24, 2.45) is 0 Å². The van der Waals surface area contributed by atoms with Gasteiger partial charge in [-0.1, -0.05) is 30.3 Å². The normalized spacial score (nSPS) is 11.8. The number of benzene rings is 2. The van der Waals surface area contributed by atoms with Crippen LogP contribution in [0.4, 0.5) is 0 Å². The van der Waals surface area contributed by atoms with E-state index in [1.54, 1.807) is 7.11 Å². The molecule has 0 aliphatic rings. The molecule has 2 rings (SSSR count). The molecule has 5 nitrogen and oxygen atoms in total. The Labute approximate surface area is 155 Å². The van der Waals surface area contributed by atoms with Crippen LogP contribution in [0.5, 0.6) is 11.5 Å². The van der Waals surface area contributed by atoms with Gasteiger partial charge >= 0.3 is 5.97 Å². The van der Waals surface area contributed by atoms with E-state index in [1.165, 1.54) is 0 Å².